The number of carbonyl (C=O) groups excluding carboxylic acids is 1. The number of carboxylic acids is 1. The lowest BCUT2D eigenvalue weighted by Gasteiger charge is -2.17. The molecule has 0 radical (unpaired) electrons. The number of hydrogen-bond acceptors (Lipinski definition) is 3. The molecule has 17 heavy (non-hydrogen) atoms. The Hall–Kier alpha value is -2.30. The van der Waals surface area contributed by atoms with Crippen LogP contribution < -0.4 is 0 Å². The van der Waals surface area contributed by atoms with Crippen molar-refractivity contribution < 1.29 is 19.1 Å². The summed E-state index contributed by atoms with van der Waals surface area (Å²) >= 11 is 0. The van der Waals surface area contributed by atoms with Crippen LogP contribution >= 0.6 is 0 Å². The number of nitrogens with zero attached hydrogens (tertiary/aromatic N) is 1. The van der Waals surface area contributed by atoms with Crippen LogP contribution in [0.3, 0.4) is 0 Å². The molecule has 90 valence electrons. The quantitative estimate of drug-likeness (QED) is 0.763. The topological polar surface area (TPSA) is 70.8 Å². The van der Waals surface area contributed by atoms with E-state index in [0.717, 1.165) is 0 Å². The molecular formula is C12H13NO4. The summed E-state index contributed by atoms with van der Waals surface area (Å²) in [7, 11) is 0. The van der Waals surface area contributed by atoms with Gasteiger partial charge in [-0.1, -0.05) is 12.2 Å². The maximum absolute atomic E-state index is 11.9. The first-order valence-corrected chi connectivity index (χ1v) is 4.94. The van der Waals surface area contributed by atoms with E-state index in [-0.39, 0.29) is 11.5 Å². The fraction of sp³-hybridized carbons (Fsp3) is 0.167. The van der Waals surface area contributed by atoms with Crippen LogP contribution in [0.2, 0.25) is 0 Å². The normalized spacial score (nSPS) is 9.65. The lowest BCUT2D eigenvalue weighted by molar-refractivity contribution is 0.0653. The van der Waals surface area contributed by atoms with Gasteiger partial charge in [0.05, 0.1) is 0 Å². The first-order chi connectivity index (χ1) is 8.10. The molecule has 1 amide bonds. The van der Waals surface area contributed by atoms with Crippen molar-refractivity contribution in [2.45, 2.75) is 0 Å². The summed E-state index contributed by atoms with van der Waals surface area (Å²) < 4.78 is 4.92. The van der Waals surface area contributed by atoms with Crippen LogP contribution in [-0.2, 0) is 0 Å². The van der Waals surface area contributed by atoms with E-state index in [1.165, 1.54) is 17.0 Å². The molecule has 5 nitrogen and oxygen atoms in total. The van der Waals surface area contributed by atoms with E-state index in [1.54, 1.807) is 12.2 Å². The zero-order chi connectivity index (χ0) is 12.8. The van der Waals surface area contributed by atoms with Crippen LogP contribution in [0.15, 0.2) is 41.9 Å². The molecule has 0 aliphatic carbocycles. The predicted molar refractivity (Wildman–Crippen MR) is 62.0 cm³/mol. The van der Waals surface area contributed by atoms with Gasteiger partial charge in [0.25, 0.3) is 5.91 Å². The Kier molecular flexibility index (Phi) is 4.28. The SMILES string of the molecule is C=CCN(CC=C)C(=O)c1ccc(C(=O)O)o1. The minimum atomic E-state index is -1.21. The zero-order valence-electron chi connectivity index (χ0n) is 9.26. The minimum Gasteiger partial charge on any atom is -0.475 e. The van der Waals surface area contributed by atoms with Crippen molar-refractivity contribution in [3.63, 3.8) is 0 Å². The van der Waals surface area contributed by atoms with Crippen LogP contribution in [0.25, 0.3) is 0 Å². The Morgan fingerprint density at radius 2 is 1.76 bits per heavy atom. The summed E-state index contributed by atoms with van der Waals surface area (Å²) in [6.45, 7) is 7.76. The number of carboxylic acid groups (broad SMARTS) is 1. The van der Waals surface area contributed by atoms with Gasteiger partial charge in [0.15, 0.2) is 5.76 Å². The minimum absolute atomic E-state index is 0.00824. The van der Waals surface area contributed by atoms with E-state index in [0.29, 0.717) is 13.1 Å². The molecule has 1 aromatic heterocycles. The first kappa shape index (κ1) is 12.8. The highest BCUT2D eigenvalue weighted by Gasteiger charge is 2.19. The van der Waals surface area contributed by atoms with Gasteiger partial charge in [-0.05, 0) is 12.1 Å². The van der Waals surface area contributed by atoms with Crippen LogP contribution in [-0.4, -0.2) is 35.0 Å². The molecule has 0 aromatic carbocycles. The lowest BCUT2D eigenvalue weighted by atomic mass is 10.3. The maximum Gasteiger partial charge on any atom is 0.371 e. The number of hydrogen-bond donors (Lipinski definition) is 1. The van der Waals surface area contributed by atoms with Gasteiger partial charge in [0.2, 0.25) is 5.76 Å². The van der Waals surface area contributed by atoms with Crippen molar-refractivity contribution in [3.8, 4) is 0 Å². The highest BCUT2D eigenvalue weighted by molar-refractivity contribution is 5.93. The van der Waals surface area contributed by atoms with Gasteiger partial charge < -0.3 is 14.4 Å². The van der Waals surface area contributed by atoms with Crippen molar-refractivity contribution in [2.75, 3.05) is 13.1 Å². The molecule has 5 heteroatoms. The van der Waals surface area contributed by atoms with Crippen molar-refractivity contribution in [3.05, 3.63) is 49.0 Å². The molecule has 0 atom stereocenters. The average molecular weight is 235 g/mol. The summed E-state index contributed by atoms with van der Waals surface area (Å²) in [6, 6.07) is 2.58. The Balaban J connectivity index is 2.88. The molecule has 0 unspecified atom stereocenters. The van der Waals surface area contributed by atoms with E-state index < -0.39 is 11.9 Å². The zero-order valence-corrected chi connectivity index (χ0v) is 9.26. The third kappa shape index (κ3) is 3.07. The maximum atomic E-state index is 11.9. The number of carbonyl (C=O) groups is 2. The number of rotatable bonds is 6. The molecule has 1 rings (SSSR count). The van der Waals surface area contributed by atoms with Crippen LogP contribution in [0.5, 0.6) is 0 Å². The second-order valence-corrected chi connectivity index (χ2v) is 3.26. The average Bonchev–Trinajstić information content (AvgIpc) is 2.77. The van der Waals surface area contributed by atoms with Gasteiger partial charge in [-0.25, -0.2) is 4.79 Å². The molecule has 0 bridgehead atoms. The fourth-order valence-corrected chi connectivity index (χ4v) is 1.28. The summed E-state index contributed by atoms with van der Waals surface area (Å²) in [5.74, 6) is -1.86. The van der Waals surface area contributed by atoms with Crippen LogP contribution in [0.1, 0.15) is 21.1 Å². The molecule has 1 heterocycles. The van der Waals surface area contributed by atoms with E-state index >= 15 is 0 Å². The Morgan fingerprint density at radius 1 is 1.24 bits per heavy atom. The number of furan rings is 1. The van der Waals surface area contributed by atoms with Gasteiger partial charge in [-0.2, -0.15) is 0 Å². The highest BCUT2D eigenvalue weighted by Crippen LogP contribution is 2.11. The highest BCUT2D eigenvalue weighted by atomic mass is 16.4. The van der Waals surface area contributed by atoms with Gasteiger partial charge in [-0.3, -0.25) is 4.79 Å². The van der Waals surface area contributed by atoms with Gasteiger partial charge in [-0.15, -0.1) is 13.2 Å². The second-order valence-electron chi connectivity index (χ2n) is 3.26. The fourth-order valence-electron chi connectivity index (χ4n) is 1.28. The van der Waals surface area contributed by atoms with Crippen LogP contribution in [0.4, 0.5) is 0 Å². The van der Waals surface area contributed by atoms with E-state index in [2.05, 4.69) is 13.2 Å². The molecule has 1 N–H and O–H groups in total. The molecule has 0 spiro atoms. The lowest BCUT2D eigenvalue weighted by Crippen LogP contribution is -2.30. The largest absolute Gasteiger partial charge is 0.475 e. The molecule has 0 saturated heterocycles. The summed E-state index contributed by atoms with van der Waals surface area (Å²) in [5.41, 5.74) is 0. The molecule has 1 aromatic rings. The van der Waals surface area contributed by atoms with E-state index in [4.69, 9.17) is 9.52 Å². The van der Waals surface area contributed by atoms with Gasteiger partial charge >= 0.3 is 5.97 Å². The Bertz CT molecular complexity index is 437. The molecule has 0 aliphatic rings. The third-order valence-corrected chi connectivity index (χ3v) is 2.01. The van der Waals surface area contributed by atoms with E-state index in [1.807, 2.05) is 0 Å². The Morgan fingerprint density at radius 3 is 2.18 bits per heavy atom. The molecule has 0 fully saturated rings. The van der Waals surface area contributed by atoms with Crippen molar-refractivity contribution in [1.82, 2.24) is 4.90 Å². The van der Waals surface area contributed by atoms with Crippen molar-refractivity contribution >= 4 is 11.9 Å². The monoisotopic (exact) mass is 235 g/mol. The number of aromatic carboxylic acids is 1. The summed E-state index contributed by atoms with van der Waals surface area (Å²) in [5, 5.41) is 8.67. The summed E-state index contributed by atoms with van der Waals surface area (Å²) in [6.07, 6.45) is 3.14. The molecular weight excluding hydrogens is 222 g/mol. The standard InChI is InChI=1S/C12H13NO4/c1-3-7-13(8-4-2)11(14)9-5-6-10(17-9)12(15)16/h3-6H,1-2,7-8H2,(H,15,16). The Labute approximate surface area is 98.6 Å². The van der Waals surface area contributed by atoms with Gasteiger partial charge in [0.1, 0.15) is 0 Å². The summed E-state index contributed by atoms with van der Waals surface area (Å²) in [4.78, 5) is 23.9. The number of amides is 1. The van der Waals surface area contributed by atoms with E-state index in [9.17, 15) is 9.59 Å². The van der Waals surface area contributed by atoms with Crippen molar-refractivity contribution in [2.24, 2.45) is 0 Å². The first-order valence-electron chi connectivity index (χ1n) is 4.94. The second kappa shape index (κ2) is 5.69. The van der Waals surface area contributed by atoms with Gasteiger partial charge in [0, 0.05) is 13.1 Å². The van der Waals surface area contributed by atoms with Crippen LogP contribution in [0, 0.1) is 0 Å². The predicted octanol–water partition coefficient (Wildman–Crippen LogP) is 1.79. The molecule has 0 saturated carbocycles. The van der Waals surface area contributed by atoms with Crippen molar-refractivity contribution in [1.29, 1.82) is 0 Å². The third-order valence-electron chi connectivity index (χ3n) is 2.01. The smallest absolute Gasteiger partial charge is 0.371 e. The molecule has 0 aliphatic heterocycles.